The maximum Gasteiger partial charge on any atom is 0.307 e. The van der Waals surface area contributed by atoms with E-state index in [1.165, 1.54) is 11.3 Å². The number of thiazole rings is 1. The average molecular weight is 251 g/mol. The molecule has 0 aliphatic heterocycles. The van der Waals surface area contributed by atoms with Gasteiger partial charge in [0.05, 0.1) is 18.3 Å². The van der Waals surface area contributed by atoms with Crippen molar-refractivity contribution in [1.29, 1.82) is 0 Å². The SMILES string of the molecule is CCC(CC)n1ccc(Cn2ccsc2=O)n1. The molecular formula is C12H17N3OS. The van der Waals surface area contributed by atoms with Crippen LogP contribution in [0.3, 0.4) is 0 Å². The van der Waals surface area contributed by atoms with Gasteiger partial charge in [-0.25, -0.2) is 0 Å². The van der Waals surface area contributed by atoms with Gasteiger partial charge in [-0.3, -0.25) is 14.0 Å². The zero-order chi connectivity index (χ0) is 12.3. The maximum absolute atomic E-state index is 11.4. The van der Waals surface area contributed by atoms with Crippen molar-refractivity contribution in [2.24, 2.45) is 0 Å². The number of rotatable bonds is 5. The predicted molar refractivity (Wildman–Crippen MR) is 69.5 cm³/mol. The molecule has 0 bridgehead atoms. The summed E-state index contributed by atoms with van der Waals surface area (Å²) in [5.41, 5.74) is 0.942. The zero-order valence-electron chi connectivity index (χ0n) is 10.2. The normalized spacial score (nSPS) is 11.2. The summed E-state index contributed by atoms with van der Waals surface area (Å²) in [6.07, 6.45) is 5.97. The van der Waals surface area contributed by atoms with Crippen molar-refractivity contribution < 1.29 is 0 Å². The lowest BCUT2D eigenvalue weighted by molar-refractivity contribution is 0.424. The third-order valence-corrected chi connectivity index (χ3v) is 3.65. The minimum absolute atomic E-state index is 0.0714. The lowest BCUT2D eigenvalue weighted by atomic mass is 10.2. The van der Waals surface area contributed by atoms with E-state index in [4.69, 9.17) is 0 Å². The van der Waals surface area contributed by atoms with Crippen LogP contribution in [-0.2, 0) is 6.54 Å². The molecule has 0 N–H and O–H groups in total. The van der Waals surface area contributed by atoms with Crippen molar-refractivity contribution in [1.82, 2.24) is 14.3 Å². The molecule has 0 atom stereocenters. The molecule has 0 spiro atoms. The van der Waals surface area contributed by atoms with Crippen LogP contribution in [0.1, 0.15) is 38.4 Å². The lowest BCUT2D eigenvalue weighted by Crippen LogP contribution is -2.14. The van der Waals surface area contributed by atoms with Crippen LogP contribution in [0.5, 0.6) is 0 Å². The summed E-state index contributed by atoms with van der Waals surface area (Å²) in [5.74, 6) is 0. The Labute approximate surface area is 105 Å². The van der Waals surface area contributed by atoms with Crippen LogP contribution < -0.4 is 4.87 Å². The first kappa shape index (κ1) is 12.1. The zero-order valence-corrected chi connectivity index (χ0v) is 11.0. The van der Waals surface area contributed by atoms with E-state index in [0.717, 1.165) is 18.5 Å². The molecule has 2 aromatic heterocycles. The van der Waals surface area contributed by atoms with Crippen molar-refractivity contribution in [3.8, 4) is 0 Å². The largest absolute Gasteiger partial charge is 0.307 e. The summed E-state index contributed by atoms with van der Waals surface area (Å²) in [6, 6.07) is 2.45. The van der Waals surface area contributed by atoms with Gasteiger partial charge >= 0.3 is 4.87 Å². The number of nitrogens with zero attached hydrogens (tertiary/aromatic N) is 3. The highest BCUT2D eigenvalue weighted by molar-refractivity contribution is 7.07. The van der Waals surface area contributed by atoms with Gasteiger partial charge in [-0.1, -0.05) is 25.2 Å². The molecule has 5 heteroatoms. The molecule has 0 amide bonds. The Bertz CT molecular complexity index is 522. The summed E-state index contributed by atoms with van der Waals surface area (Å²) < 4.78 is 3.69. The predicted octanol–water partition coefficient (Wildman–Crippen LogP) is 2.52. The van der Waals surface area contributed by atoms with Crippen LogP contribution in [0.15, 0.2) is 28.6 Å². The van der Waals surface area contributed by atoms with Gasteiger partial charge in [0.1, 0.15) is 0 Å². The summed E-state index contributed by atoms with van der Waals surface area (Å²) in [7, 11) is 0. The van der Waals surface area contributed by atoms with E-state index in [-0.39, 0.29) is 4.87 Å². The summed E-state index contributed by atoms with van der Waals surface area (Å²) in [5, 5.41) is 6.34. The number of aromatic nitrogens is 3. The Hall–Kier alpha value is -1.36. The summed E-state index contributed by atoms with van der Waals surface area (Å²) >= 11 is 1.22. The van der Waals surface area contributed by atoms with Crippen molar-refractivity contribution in [3.05, 3.63) is 39.2 Å². The Morgan fingerprint density at radius 3 is 2.71 bits per heavy atom. The standard InChI is InChI=1S/C12H17N3OS/c1-3-11(4-2)15-6-5-10(13-15)9-14-7-8-17-12(14)16/h5-8,11H,3-4,9H2,1-2H3. The Balaban J connectivity index is 2.14. The fourth-order valence-electron chi connectivity index (χ4n) is 1.91. The fourth-order valence-corrected chi connectivity index (χ4v) is 2.50. The first-order chi connectivity index (χ1) is 8.24. The highest BCUT2D eigenvalue weighted by Crippen LogP contribution is 2.14. The molecule has 0 unspecified atom stereocenters. The molecule has 92 valence electrons. The number of hydrogen-bond donors (Lipinski definition) is 0. The van der Waals surface area contributed by atoms with Crippen LogP contribution in [-0.4, -0.2) is 14.3 Å². The van der Waals surface area contributed by atoms with Crippen molar-refractivity contribution in [2.45, 2.75) is 39.3 Å². The van der Waals surface area contributed by atoms with E-state index < -0.39 is 0 Å². The highest BCUT2D eigenvalue weighted by Gasteiger charge is 2.08. The van der Waals surface area contributed by atoms with Crippen molar-refractivity contribution >= 4 is 11.3 Å². The van der Waals surface area contributed by atoms with E-state index in [1.807, 2.05) is 23.1 Å². The van der Waals surface area contributed by atoms with Crippen LogP contribution in [0.4, 0.5) is 0 Å². The molecule has 2 rings (SSSR count). The van der Waals surface area contributed by atoms with Crippen LogP contribution >= 0.6 is 11.3 Å². The molecule has 0 aliphatic carbocycles. The monoisotopic (exact) mass is 251 g/mol. The second kappa shape index (κ2) is 5.31. The Morgan fingerprint density at radius 1 is 1.35 bits per heavy atom. The molecule has 0 saturated carbocycles. The topological polar surface area (TPSA) is 39.8 Å². The van der Waals surface area contributed by atoms with Gasteiger partial charge in [0.2, 0.25) is 0 Å². The third-order valence-electron chi connectivity index (χ3n) is 2.96. The van der Waals surface area contributed by atoms with E-state index in [0.29, 0.717) is 12.6 Å². The van der Waals surface area contributed by atoms with Gasteiger partial charge in [0.25, 0.3) is 0 Å². The van der Waals surface area contributed by atoms with Gasteiger partial charge in [-0.2, -0.15) is 5.10 Å². The van der Waals surface area contributed by atoms with Crippen molar-refractivity contribution in [3.63, 3.8) is 0 Å². The van der Waals surface area contributed by atoms with Gasteiger partial charge < -0.3 is 0 Å². The quantitative estimate of drug-likeness (QED) is 0.819. The molecule has 2 aromatic rings. The van der Waals surface area contributed by atoms with Gasteiger partial charge in [0.15, 0.2) is 0 Å². The Kier molecular flexibility index (Phi) is 3.78. The van der Waals surface area contributed by atoms with Gasteiger partial charge in [-0.15, -0.1) is 0 Å². The van der Waals surface area contributed by atoms with Gasteiger partial charge in [0, 0.05) is 17.8 Å². The minimum Gasteiger partial charge on any atom is -0.300 e. The highest BCUT2D eigenvalue weighted by atomic mass is 32.1. The smallest absolute Gasteiger partial charge is 0.300 e. The molecule has 4 nitrogen and oxygen atoms in total. The van der Waals surface area contributed by atoms with E-state index in [9.17, 15) is 4.79 Å². The molecule has 0 aromatic carbocycles. The average Bonchev–Trinajstić information content (AvgIpc) is 2.92. The molecule has 0 saturated heterocycles. The van der Waals surface area contributed by atoms with Crippen LogP contribution in [0, 0.1) is 0 Å². The van der Waals surface area contributed by atoms with E-state index >= 15 is 0 Å². The molecule has 0 fully saturated rings. The first-order valence-electron chi connectivity index (χ1n) is 5.92. The van der Waals surface area contributed by atoms with Crippen molar-refractivity contribution in [2.75, 3.05) is 0 Å². The van der Waals surface area contributed by atoms with E-state index in [1.54, 1.807) is 9.95 Å². The molecular weight excluding hydrogens is 234 g/mol. The third kappa shape index (κ3) is 2.66. The Morgan fingerprint density at radius 2 is 2.12 bits per heavy atom. The molecule has 0 radical (unpaired) electrons. The van der Waals surface area contributed by atoms with Crippen LogP contribution in [0.2, 0.25) is 0 Å². The summed E-state index contributed by atoms with van der Waals surface area (Å²) in [6.45, 7) is 4.90. The molecule has 2 heterocycles. The van der Waals surface area contributed by atoms with Gasteiger partial charge in [-0.05, 0) is 18.9 Å². The van der Waals surface area contributed by atoms with Crippen LogP contribution in [0.25, 0.3) is 0 Å². The lowest BCUT2D eigenvalue weighted by Gasteiger charge is -2.12. The fraction of sp³-hybridized carbons (Fsp3) is 0.500. The van der Waals surface area contributed by atoms with E-state index in [2.05, 4.69) is 18.9 Å². The molecule has 17 heavy (non-hydrogen) atoms. The second-order valence-electron chi connectivity index (χ2n) is 4.05. The summed E-state index contributed by atoms with van der Waals surface area (Å²) in [4.78, 5) is 11.5. The minimum atomic E-state index is 0.0714. The molecule has 0 aliphatic rings. The first-order valence-corrected chi connectivity index (χ1v) is 6.80. The maximum atomic E-state index is 11.4. The number of hydrogen-bond acceptors (Lipinski definition) is 3. The second-order valence-corrected chi connectivity index (χ2v) is 4.91.